The van der Waals surface area contributed by atoms with Crippen molar-refractivity contribution in [2.45, 2.75) is 19.4 Å². The van der Waals surface area contributed by atoms with E-state index >= 15 is 0 Å². The number of rotatable bonds is 3. The first kappa shape index (κ1) is 11.9. The second-order valence-electron chi connectivity index (χ2n) is 3.36. The number of carbonyl (C=O) groups excluding carboxylic acids is 1. The number of halogens is 1. The Kier molecular flexibility index (Phi) is 3.60. The maximum absolute atomic E-state index is 11.7. The molecule has 1 heterocycles. The molecule has 1 rings (SSSR count). The number of hydrogen-bond acceptors (Lipinski definition) is 4. The van der Waals surface area contributed by atoms with E-state index in [9.17, 15) is 4.79 Å². The van der Waals surface area contributed by atoms with E-state index in [2.05, 4.69) is 15.3 Å². The molecular formula is C9H12ClN3O2. The van der Waals surface area contributed by atoms with Crippen molar-refractivity contribution in [1.82, 2.24) is 9.97 Å². The van der Waals surface area contributed by atoms with Gasteiger partial charge in [-0.3, -0.25) is 4.79 Å². The second-order valence-corrected chi connectivity index (χ2v) is 3.72. The number of amides is 1. The van der Waals surface area contributed by atoms with Crippen molar-refractivity contribution < 1.29 is 9.53 Å². The van der Waals surface area contributed by atoms with E-state index in [1.165, 1.54) is 19.5 Å². The van der Waals surface area contributed by atoms with Crippen LogP contribution in [0.2, 0.25) is 5.15 Å². The number of carbonyl (C=O) groups is 1. The maximum atomic E-state index is 11.7. The van der Waals surface area contributed by atoms with Crippen LogP contribution in [0.1, 0.15) is 13.8 Å². The fourth-order valence-corrected chi connectivity index (χ4v) is 0.908. The van der Waals surface area contributed by atoms with E-state index in [1.807, 2.05) is 0 Å². The molecular weight excluding hydrogens is 218 g/mol. The van der Waals surface area contributed by atoms with Gasteiger partial charge in [-0.25, -0.2) is 9.97 Å². The first-order valence-electron chi connectivity index (χ1n) is 4.30. The smallest absolute Gasteiger partial charge is 0.257 e. The lowest BCUT2D eigenvalue weighted by molar-refractivity contribution is -0.133. The predicted molar refractivity (Wildman–Crippen MR) is 56.8 cm³/mol. The summed E-state index contributed by atoms with van der Waals surface area (Å²) in [6, 6.07) is 0. The number of anilines is 1. The summed E-state index contributed by atoms with van der Waals surface area (Å²) in [5.41, 5.74) is -0.930. The van der Waals surface area contributed by atoms with Gasteiger partial charge in [-0.15, -0.1) is 0 Å². The summed E-state index contributed by atoms with van der Waals surface area (Å²) in [5.74, 6) is -0.0957. The monoisotopic (exact) mass is 229 g/mol. The van der Waals surface area contributed by atoms with Crippen molar-refractivity contribution in [1.29, 1.82) is 0 Å². The van der Waals surface area contributed by atoms with Crippen molar-refractivity contribution in [3.8, 4) is 0 Å². The maximum Gasteiger partial charge on any atom is 0.257 e. The van der Waals surface area contributed by atoms with Crippen molar-refractivity contribution in [3.63, 3.8) is 0 Å². The molecule has 0 aliphatic carbocycles. The van der Waals surface area contributed by atoms with Crippen LogP contribution in [0.3, 0.4) is 0 Å². The van der Waals surface area contributed by atoms with Gasteiger partial charge in [-0.2, -0.15) is 0 Å². The quantitative estimate of drug-likeness (QED) is 0.853. The highest BCUT2D eigenvalue weighted by atomic mass is 35.5. The lowest BCUT2D eigenvalue weighted by Gasteiger charge is -2.21. The Balaban J connectivity index is 2.80. The Hall–Kier alpha value is -1.20. The summed E-state index contributed by atoms with van der Waals surface area (Å²) in [6.45, 7) is 3.29. The summed E-state index contributed by atoms with van der Waals surface area (Å²) in [7, 11) is 1.46. The topological polar surface area (TPSA) is 64.1 Å². The van der Waals surface area contributed by atoms with Crippen molar-refractivity contribution >= 4 is 23.3 Å². The highest BCUT2D eigenvalue weighted by molar-refractivity contribution is 6.32. The van der Waals surface area contributed by atoms with Crippen LogP contribution in [0.4, 0.5) is 5.82 Å². The molecule has 6 heteroatoms. The molecule has 5 nitrogen and oxygen atoms in total. The fraction of sp³-hybridized carbons (Fsp3) is 0.444. The molecule has 0 aliphatic heterocycles. The third-order valence-corrected chi connectivity index (χ3v) is 2.22. The van der Waals surface area contributed by atoms with E-state index in [1.54, 1.807) is 13.8 Å². The Bertz CT molecular complexity index is 368. The lowest BCUT2D eigenvalue weighted by Crippen LogP contribution is -2.39. The van der Waals surface area contributed by atoms with Gasteiger partial charge in [0.25, 0.3) is 5.91 Å². The van der Waals surface area contributed by atoms with Crippen LogP contribution >= 0.6 is 11.6 Å². The minimum Gasteiger partial charge on any atom is -0.369 e. The first-order chi connectivity index (χ1) is 6.97. The van der Waals surface area contributed by atoms with Gasteiger partial charge in [0.05, 0.1) is 0 Å². The standard InChI is InChI=1S/C9H12ClN3O2/c1-9(2,15-3)8(14)13-7-6(10)11-4-5-12-7/h4-5H,1-3H3,(H,12,13,14). The Morgan fingerprint density at radius 3 is 2.60 bits per heavy atom. The third kappa shape index (κ3) is 2.87. The number of methoxy groups -OCH3 is 1. The Labute approximate surface area is 92.8 Å². The van der Waals surface area contributed by atoms with Crippen LogP contribution in [0, 0.1) is 0 Å². The zero-order valence-corrected chi connectivity index (χ0v) is 9.50. The Morgan fingerprint density at radius 1 is 1.47 bits per heavy atom. The molecule has 0 fully saturated rings. The summed E-state index contributed by atoms with van der Waals surface area (Å²) < 4.78 is 5.01. The molecule has 0 saturated heterocycles. The van der Waals surface area contributed by atoms with Crippen LogP contribution in [-0.2, 0) is 9.53 Å². The molecule has 1 N–H and O–H groups in total. The van der Waals surface area contributed by atoms with Crippen LogP contribution in [0.25, 0.3) is 0 Å². The second kappa shape index (κ2) is 4.55. The average Bonchev–Trinajstić information content (AvgIpc) is 2.21. The molecule has 0 unspecified atom stereocenters. The molecule has 0 spiro atoms. The average molecular weight is 230 g/mol. The van der Waals surface area contributed by atoms with Crippen LogP contribution in [-0.4, -0.2) is 28.6 Å². The molecule has 0 aromatic carbocycles. The number of nitrogens with zero attached hydrogens (tertiary/aromatic N) is 2. The van der Waals surface area contributed by atoms with Crippen LogP contribution in [0.5, 0.6) is 0 Å². The van der Waals surface area contributed by atoms with Gasteiger partial charge in [0.15, 0.2) is 11.0 Å². The third-order valence-electron chi connectivity index (χ3n) is 1.94. The molecule has 0 saturated carbocycles. The van der Waals surface area contributed by atoms with Crippen molar-refractivity contribution in [3.05, 3.63) is 17.5 Å². The van der Waals surface area contributed by atoms with Gasteiger partial charge in [-0.05, 0) is 13.8 Å². The molecule has 82 valence electrons. The minimum atomic E-state index is -0.930. The van der Waals surface area contributed by atoms with Crippen LogP contribution < -0.4 is 5.32 Å². The number of hydrogen-bond donors (Lipinski definition) is 1. The van der Waals surface area contributed by atoms with Gasteiger partial charge in [0, 0.05) is 19.5 Å². The molecule has 15 heavy (non-hydrogen) atoms. The molecule has 0 bridgehead atoms. The molecule has 1 amide bonds. The van der Waals surface area contributed by atoms with E-state index in [-0.39, 0.29) is 16.9 Å². The van der Waals surface area contributed by atoms with Gasteiger partial charge in [-0.1, -0.05) is 11.6 Å². The highest BCUT2D eigenvalue weighted by Gasteiger charge is 2.27. The van der Waals surface area contributed by atoms with Gasteiger partial charge < -0.3 is 10.1 Å². The molecule has 1 aromatic heterocycles. The van der Waals surface area contributed by atoms with Gasteiger partial charge in [0.1, 0.15) is 5.60 Å². The zero-order chi connectivity index (χ0) is 11.5. The number of nitrogens with one attached hydrogen (secondary N) is 1. The summed E-state index contributed by atoms with van der Waals surface area (Å²) in [6.07, 6.45) is 2.89. The molecule has 1 aromatic rings. The van der Waals surface area contributed by atoms with Crippen molar-refractivity contribution in [2.24, 2.45) is 0 Å². The van der Waals surface area contributed by atoms with E-state index in [4.69, 9.17) is 16.3 Å². The SMILES string of the molecule is COC(C)(C)C(=O)Nc1nccnc1Cl. The molecule has 0 atom stereocenters. The summed E-state index contributed by atoms with van der Waals surface area (Å²) in [4.78, 5) is 19.3. The molecule has 0 radical (unpaired) electrons. The van der Waals surface area contributed by atoms with E-state index < -0.39 is 5.60 Å². The minimum absolute atomic E-state index is 0.151. The van der Waals surface area contributed by atoms with Gasteiger partial charge in [0.2, 0.25) is 0 Å². The first-order valence-corrected chi connectivity index (χ1v) is 4.68. The highest BCUT2D eigenvalue weighted by Crippen LogP contribution is 2.17. The molecule has 0 aliphatic rings. The van der Waals surface area contributed by atoms with E-state index in [0.29, 0.717) is 0 Å². The van der Waals surface area contributed by atoms with Crippen molar-refractivity contribution in [2.75, 3.05) is 12.4 Å². The number of ether oxygens (including phenoxy) is 1. The summed E-state index contributed by atoms with van der Waals surface area (Å²) >= 11 is 5.73. The largest absolute Gasteiger partial charge is 0.369 e. The zero-order valence-electron chi connectivity index (χ0n) is 8.74. The predicted octanol–water partition coefficient (Wildman–Crippen LogP) is 1.49. The lowest BCUT2D eigenvalue weighted by atomic mass is 10.1. The van der Waals surface area contributed by atoms with E-state index in [0.717, 1.165) is 0 Å². The number of aromatic nitrogens is 2. The Morgan fingerprint density at radius 2 is 2.07 bits per heavy atom. The van der Waals surface area contributed by atoms with Gasteiger partial charge >= 0.3 is 0 Å². The fourth-order valence-electron chi connectivity index (χ4n) is 0.756. The van der Waals surface area contributed by atoms with Crippen LogP contribution in [0.15, 0.2) is 12.4 Å². The normalized spacial score (nSPS) is 11.2. The summed E-state index contributed by atoms with van der Waals surface area (Å²) in [5, 5.41) is 2.68.